The molecular formula is C22H31N3O5. The number of allylic oxidation sites excluding steroid dienone is 3. The summed E-state index contributed by atoms with van der Waals surface area (Å²) in [7, 11) is 0. The van der Waals surface area contributed by atoms with Gasteiger partial charge in [-0.1, -0.05) is 18.7 Å². The first-order valence-corrected chi connectivity index (χ1v) is 10.0. The van der Waals surface area contributed by atoms with E-state index >= 15 is 0 Å². The molecule has 8 nitrogen and oxygen atoms in total. The van der Waals surface area contributed by atoms with Gasteiger partial charge in [-0.25, -0.2) is 5.48 Å². The van der Waals surface area contributed by atoms with E-state index in [2.05, 4.69) is 16.9 Å². The third-order valence-corrected chi connectivity index (χ3v) is 4.41. The van der Waals surface area contributed by atoms with Gasteiger partial charge in [-0.3, -0.25) is 24.6 Å². The van der Waals surface area contributed by atoms with Gasteiger partial charge in [-0.15, -0.1) is 0 Å². The molecule has 1 atom stereocenters. The van der Waals surface area contributed by atoms with Gasteiger partial charge in [-0.2, -0.15) is 0 Å². The number of hydrogen-bond acceptors (Lipinski definition) is 6. The monoisotopic (exact) mass is 417 g/mol. The highest BCUT2D eigenvalue weighted by atomic mass is 16.5. The minimum absolute atomic E-state index is 0.166. The predicted molar refractivity (Wildman–Crippen MR) is 113 cm³/mol. The largest absolute Gasteiger partial charge is 0.499 e. The predicted octanol–water partition coefficient (Wildman–Crippen LogP) is 2.95. The van der Waals surface area contributed by atoms with Crippen molar-refractivity contribution in [2.24, 2.45) is 5.92 Å². The minimum atomic E-state index is -0.656. The Balaban J connectivity index is 2.42. The van der Waals surface area contributed by atoms with Gasteiger partial charge in [0.2, 0.25) is 11.8 Å². The van der Waals surface area contributed by atoms with E-state index in [4.69, 9.17) is 9.94 Å². The van der Waals surface area contributed by atoms with Gasteiger partial charge in [0, 0.05) is 36.7 Å². The zero-order chi connectivity index (χ0) is 22.2. The van der Waals surface area contributed by atoms with Gasteiger partial charge >= 0.3 is 0 Å². The van der Waals surface area contributed by atoms with Crippen molar-refractivity contribution in [3.63, 3.8) is 0 Å². The Bertz CT molecular complexity index is 719. The van der Waals surface area contributed by atoms with Crippen LogP contribution in [0.2, 0.25) is 0 Å². The number of unbranched alkanes of at least 4 members (excludes halogenated alkanes) is 1. The molecule has 0 spiro atoms. The van der Waals surface area contributed by atoms with Crippen LogP contribution in [0.15, 0.2) is 49.0 Å². The van der Waals surface area contributed by atoms with Gasteiger partial charge in [0.1, 0.15) is 0 Å². The third-order valence-electron chi connectivity index (χ3n) is 4.41. The fourth-order valence-electron chi connectivity index (χ4n) is 2.73. The van der Waals surface area contributed by atoms with E-state index in [-0.39, 0.29) is 18.7 Å². The van der Waals surface area contributed by atoms with E-state index < -0.39 is 17.7 Å². The molecule has 0 aliphatic rings. The highest BCUT2D eigenvalue weighted by Crippen LogP contribution is 2.15. The number of Topliss-reactive ketones (excluding diaryl/α,β-unsaturated/α-hetero) is 1. The van der Waals surface area contributed by atoms with Gasteiger partial charge in [0.25, 0.3) is 0 Å². The van der Waals surface area contributed by atoms with E-state index in [1.165, 1.54) is 6.20 Å². The number of hydrogen-bond donors (Lipinski definition) is 3. The van der Waals surface area contributed by atoms with Crippen LogP contribution in [0, 0.1) is 5.92 Å². The lowest BCUT2D eigenvalue weighted by molar-refractivity contribution is -0.134. The van der Waals surface area contributed by atoms with Crippen LogP contribution in [-0.4, -0.2) is 40.9 Å². The van der Waals surface area contributed by atoms with Crippen LogP contribution in [0.1, 0.15) is 55.8 Å². The Morgan fingerprint density at radius 1 is 1.33 bits per heavy atom. The maximum Gasteiger partial charge on any atom is 0.244 e. The summed E-state index contributed by atoms with van der Waals surface area (Å²) in [5, 5.41) is 11.3. The molecule has 0 saturated heterocycles. The van der Waals surface area contributed by atoms with Gasteiger partial charge in [-0.05, 0) is 44.7 Å². The van der Waals surface area contributed by atoms with Gasteiger partial charge in [0.15, 0.2) is 5.78 Å². The molecule has 0 aliphatic carbocycles. The van der Waals surface area contributed by atoms with Crippen molar-refractivity contribution in [1.29, 1.82) is 0 Å². The molecule has 3 N–H and O–H groups in total. The van der Waals surface area contributed by atoms with E-state index in [1.807, 2.05) is 19.1 Å². The van der Waals surface area contributed by atoms with Crippen LogP contribution in [0.3, 0.4) is 0 Å². The maximum atomic E-state index is 12.5. The molecule has 0 radical (unpaired) electrons. The first-order chi connectivity index (χ1) is 14.5. The molecule has 0 aromatic carbocycles. The summed E-state index contributed by atoms with van der Waals surface area (Å²) in [5.41, 5.74) is 1.94. The molecule has 0 aliphatic heterocycles. The fourth-order valence-corrected chi connectivity index (χ4v) is 2.73. The summed E-state index contributed by atoms with van der Waals surface area (Å²) in [6.07, 6.45) is 10.3. The highest BCUT2D eigenvalue weighted by Gasteiger charge is 2.22. The standard InChI is InChI=1S/C22H31N3O5/c1-3-4-5-9-17(2)30-13-7-6-10-18(14-21(27)25-29)22(28)24-16-20(26)19-11-8-12-23-15-19/h3-4,8,11-12,15,18,29H,2,5-7,9-10,13-14,16H2,1H3,(H,24,28)(H,25,27)/b4-3-. The zero-order valence-corrected chi connectivity index (χ0v) is 17.4. The van der Waals surface area contributed by atoms with Crippen LogP contribution in [-0.2, 0) is 14.3 Å². The molecule has 1 aromatic heterocycles. The Morgan fingerprint density at radius 3 is 2.80 bits per heavy atom. The van der Waals surface area contributed by atoms with Crippen LogP contribution in [0.25, 0.3) is 0 Å². The first kappa shape index (κ1) is 25.0. The normalized spacial score (nSPS) is 11.7. The fraction of sp³-hybridized carbons (Fsp3) is 0.455. The SMILES string of the molecule is C=C(CC/C=C\C)OCCCCC(CC(=O)NO)C(=O)NCC(=O)c1cccnc1. The average Bonchev–Trinajstić information content (AvgIpc) is 2.76. The van der Waals surface area contributed by atoms with E-state index in [9.17, 15) is 14.4 Å². The Labute approximate surface area is 177 Å². The number of pyridine rings is 1. The smallest absolute Gasteiger partial charge is 0.244 e. The lowest BCUT2D eigenvalue weighted by atomic mass is 9.97. The number of carbonyl (C=O) groups is 3. The number of ether oxygens (including phenoxy) is 1. The van der Waals surface area contributed by atoms with Crippen molar-refractivity contribution in [2.75, 3.05) is 13.2 Å². The van der Waals surface area contributed by atoms with Crippen LogP contribution >= 0.6 is 0 Å². The maximum absolute atomic E-state index is 12.5. The van der Waals surface area contributed by atoms with Crippen LogP contribution < -0.4 is 10.8 Å². The number of carbonyl (C=O) groups excluding carboxylic acids is 3. The Morgan fingerprint density at radius 2 is 2.13 bits per heavy atom. The second-order valence-corrected chi connectivity index (χ2v) is 6.81. The summed E-state index contributed by atoms with van der Waals surface area (Å²) in [6, 6.07) is 3.26. The molecule has 164 valence electrons. The number of amides is 2. The molecule has 0 saturated carbocycles. The number of aromatic nitrogens is 1. The third kappa shape index (κ3) is 10.5. The van der Waals surface area contributed by atoms with Crippen LogP contribution in [0.5, 0.6) is 0 Å². The molecule has 1 heterocycles. The zero-order valence-electron chi connectivity index (χ0n) is 17.4. The molecule has 0 bridgehead atoms. The number of ketones is 1. The first-order valence-electron chi connectivity index (χ1n) is 10.0. The molecule has 2 amide bonds. The molecule has 0 fully saturated rings. The number of nitrogens with zero attached hydrogens (tertiary/aromatic N) is 1. The molecule has 1 rings (SSSR count). The number of nitrogens with one attached hydrogen (secondary N) is 2. The van der Waals surface area contributed by atoms with Crippen molar-refractivity contribution in [3.8, 4) is 0 Å². The minimum Gasteiger partial charge on any atom is -0.499 e. The highest BCUT2D eigenvalue weighted by molar-refractivity contribution is 5.99. The number of hydroxylamine groups is 1. The lowest BCUT2D eigenvalue weighted by Crippen LogP contribution is -2.37. The summed E-state index contributed by atoms with van der Waals surface area (Å²) >= 11 is 0. The van der Waals surface area contributed by atoms with E-state index in [0.717, 1.165) is 18.6 Å². The Hall–Kier alpha value is -3.00. The Kier molecular flexibility index (Phi) is 12.5. The van der Waals surface area contributed by atoms with Gasteiger partial charge in [0.05, 0.1) is 18.9 Å². The van der Waals surface area contributed by atoms with Crippen molar-refractivity contribution in [1.82, 2.24) is 15.8 Å². The lowest BCUT2D eigenvalue weighted by Gasteiger charge is -2.16. The van der Waals surface area contributed by atoms with E-state index in [1.54, 1.807) is 23.8 Å². The molecule has 1 unspecified atom stereocenters. The van der Waals surface area contributed by atoms with E-state index in [0.29, 0.717) is 31.4 Å². The van der Waals surface area contributed by atoms with Crippen molar-refractivity contribution in [2.45, 2.75) is 45.4 Å². The van der Waals surface area contributed by atoms with Crippen LogP contribution in [0.4, 0.5) is 0 Å². The topological polar surface area (TPSA) is 118 Å². The second-order valence-electron chi connectivity index (χ2n) is 6.81. The quantitative estimate of drug-likeness (QED) is 0.101. The molecule has 1 aromatic rings. The molecule has 30 heavy (non-hydrogen) atoms. The van der Waals surface area contributed by atoms with Crippen molar-refractivity contribution in [3.05, 3.63) is 54.6 Å². The van der Waals surface area contributed by atoms with Crippen molar-refractivity contribution < 1.29 is 24.3 Å². The molecular weight excluding hydrogens is 386 g/mol. The summed E-state index contributed by atoms with van der Waals surface area (Å²) < 4.78 is 5.56. The number of rotatable bonds is 15. The summed E-state index contributed by atoms with van der Waals surface area (Å²) in [4.78, 5) is 40.0. The second kappa shape index (κ2) is 14.9. The molecule has 8 heteroatoms. The van der Waals surface area contributed by atoms with Gasteiger partial charge < -0.3 is 10.1 Å². The van der Waals surface area contributed by atoms with Crippen molar-refractivity contribution >= 4 is 17.6 Å². The summed E-state index contributed by atoms with van der Waals surface area (Å²) in [6.45, 7) is 6.12. The summed E-state index contributed by atoms with van der Waals surface area (Å²) in [5.74, 6) is -1.27. The average molecular weight is 418 g/mol.